The highest BCUT2D eigenvalue weighted by Gasteiger charge is 2.28. The summed E-state index contributed by atoms with van der Waals surface area (Å²) in [5.74, 6) is 0.252. The summed E-state index contributed by atoms with van der Waals surface area (Å²) < 4.78 is 0. The van der Waals surface area contributed by atoms with Gasteiger partial charge in [0.15, 0.2) is 0 Å². The number of carbonyl (C=O) groups excluding carboxylic acids is 2. The van der Waals surface area contributed by atoms with Gasteiger partial charge in [-0.15, -0.1) is 0 Å². The summed E-state index contributed by atoms with van der Waals surface area (Å²) in [6, 6.07) is 16.1. The second-order valence-corrected chi connectivity index (χ2v) is 7.44. The number of hydrogen-bond donors (Lipinski definition) is 1. The average molecular weight is 363 g/mol. The zero-order valence-electron chi connectivity index (χ0n) is 15.6. The van der Waals surface area contributed by atoms with E-state index >= 15 is 0 Å². The predicted molar refractivity (Wildman–Crippen MR) is 105 cm³/mol. The van der Waals surface area contributed by atoms with E-state index in [1.54, 1.807) is 0 Å². The summed E-state index contributed by atoms with van der Waals surface area (Å²) in [7, 11) is 2.00. The highest BCUT2D eigenvalue weighted by atomic mass is 16.2. The fourth-order valence-corrected chi connectivity index (χ4v) is 3.97. The molecule has 2 aliphatic heterocycles. The van der Waals surface area contributed by atoms with Crippen LogP contribution in [0.4, 0.5) is 5.69 Å². The maximum atomic E-state index is 12.7. The number of likely N-dealkylation sites (N-methyl/N-ethyl adjacent to an activating group) is 1. The van der Waals surface area contributed by atoms with E-state index in [1.807, 2.05) is 48.3 Å². The van der Waals surface area contributed by atoms with E-state index in [1.165, 1.54) is 11.1 Å². The van der Waals surface area contributed by atoms with E-state index in [-0.39, 0.29) is 17.9 Å². The monoisotopic (exact) mass is 363 g/mol. The normalized spacial score (nSPS) is 19.8. The number of nitrogens with one attached hydrogen (secondary N) is 1. The van der Waals surface area contributed by atoms with Gasteiger partial charge in [0.05, 0.1) is 6.04 Å². The Hall–Kier alpha value is -2.66. The fourth-order valence-electron chi connectivity index (χ4n) is 3.97. The molecule has 0 bridgehead atoms. The molecule has 0 aliphatic carbocycles. The first-order chi connectivity index (χ1) is 13.1. The van der Waals surface area contributed by atoms with E-state index in [0.29, 0.717) is 13.0 Å². The Balaban J connectivity index is 1.36. The first-order valence-electron chi connectivity index (χ1n) is 9.56. The minimum absolute atomic E-state index is 0.0609. The Morgan fingerprint density at radius 2 is 1.85 bits per heavy atom. The van der Waals surface area contributed by atoms with Gasteiger partial charge in [0, 0.05) is 31.7 Å². The molecular weight excluding hydrogens is 338 g/mol. The van der Waals surface area contributed by atoms with Crippen LogP contribution in [0.25, 0.3) is 0 Å². The number of hydrogen-bond acceptors (Lipinski definition) is 3. The zero-order valence-corrected chi connectivity index (χ0v) is 15.6. The molecule has 1 fully saturated rings. The summed E-state index contributed by atoms with van der Waals surface area (Å²) in [6.45, 7) is 2.09. The van der Waals surface area contributed by atoms with Crippen molar-refractivity contribution in [3.05, 3.63) is 65.2 Å². The topological polar surface area (TPSA) is 52.7 Å². The molecule has 2 aromatic carbocycles. The minimum atomic E-state index is -0.138. The molecular formula is C22H25N3O2. The predicted octanol–water partition coefficient (Wildman–Crippen LogP) is 2.49. The van der Waals surface area contributed by atoms with Gasteiger partial charge in [0.2, 0.25) is 11.8 Å². The van der Waals surface area contributed by atoms with Crippen LogP contribution < -0.4 is 10.2 Å². The van der Waals surface area contributed by atoms with Gasteiger partial charge in [-0.05, 0) is 48.7 Å². The van der Waals surface area contributed by atoms with Crippen LogP contribution in [0.3, 0.4) is 0 Å². The largest absolute Gasteiger partial charge is 0.351 e. The van der Waals surface area contributed by atoms with Crippen molar-refractivity contribution in [3.8, 4) is 0 Å². The highest BCUT2D eigenvalue weighted by Crippen LogP contribution is 2.23. The first-order valence-corrected chi connectivity index (χ1v) is 9.56. The van der Waals surface area contributed by atoms with Crippen molar-refractivity contribution in [1.29, 1.82) is 0 Å². The Morgan fingerprint density at radius 1 is 1.11 bits per heavy atom. The van der Waals surface area contributed by atoms with Gasteiger partial charge < -0.3 is 10.2 Å². The summed E-state index contributed by atoms with van der Waals surface area (Å²) in [5, 5.41) is 3.07. The van der Waals surface area contributed by atoms with Gasteiger partial charge in [-0.25, -0.2) is 0 Å². The smallest absolute Gasteiger partial charge is 0.237 e. The lowest BCUT2D eigenvalue weighted by molar-refractivity contribution is -0.126. The number of rotatable bonds is 4. The summed E-state index contributed by atoms with van der Waals surface area (Å²) in [6.07, 6.45) is 2.30. The number of amides is 2. The van der Waals surface area contributed by atoms with Crippen molar-refractivity contribution in [2.24, 2.45) is 0 Å². The van der Waals surface area contributed by atoms with E-state index < -0.39 is 0 Å². The number of carbonyl (C=O) groups is 2. The maximum Gasteiger partial charge on any atom is 0.237 e. The standard InChI is InChI=1S/C22H25N3O2/c1-24-15-18-6-3-2-5-17(18)13-20(24)22(27)23-14-16-8-10-19(11-9-16)25-12-4-7-21(25)26/h2-3,5-6,8-11,20H,4,7,12-15H2,1H3,(H,23,27)/t20-/m0/s1. The van der Waals surface area contributed by atoms with Crippen LogP contribution in [0.15, 0.2) is 48.5 Å². The lowest BCUT2D eigenvalue weighted by atomic mass is 9.94. The molecule has 0 aromatic heterocycles. The van der Waals surface area contributed by atoms with Crippen LogP contribution in [0.1, 0.15) is 29.5 Å². The molecule has 0 unspecified atom stereocenters. The van der Waals surface area contributed by atoms with Gasteiger partial charge in [0.1, 0.15) is 0 Å². The molecule has 2 heterocycles. The molecule has 2 aliphatic rings. The van der Waals surface area contributed by atoms with Crippen molar-refractivity contribution in [3.63, 3.8) is 0 Å². The summed E-state index contributed by atoms with van der Waals surface area (Å²) >= 11 is 0. The second-order valence-electron chi connectivity index (χ2n) is 7.44. The number of benzene rings is 2. The van der Waals surface area contributed by atoms with Gasteiger partial charge in [-0.3, -0.25) is 14.5 Å². The lowest BCUT2D eigenvalue weighted by Gasteiger charge is -2.33. The molecule has 2 aromatic rings. The van der Waals surface area contributed by atoms with Crippen LogP contribution in [0.2, 0.25) is 0 Å². The molecule has 0 spiro atoms. The molecule has 140 valence electrons. The number of nitrogens with zero attached hydrogens (tertiary/aromatic N) is 2. The van der Waals surface area contributed by atoms with Crippen LogP contribution in [-0.4, -0.2) is 36.3 Å². The Labute approximate surface area is 160 Å². The Morgan fingerprint density at radius 3 is 2.56 bits per heavy atom. The summed E-state index contributed by atoms with van der Waals surface area (Å²) in [4.78, 5) is 28.5. The quantitative estimate of drug-likeness (QED) is 0.908. The molecule has 0 saturated carbocycles. The maximum absolute atomic E-state index is 12.7. The van der Waals surface area contributed by atoms with Crippen molar-refractivity contribution in [1.82, 2.24) is 10.2 Å². The summed E-state index contributed by atoms with van der Waals surface area (Å²) in [5.41, 5.74) is 4.54. The lowest BCUT2D eigenvalue weighted by Crippen LogP contribution is -2.48. The molecule has 1 atom stereocenters. The third-order valence-corrected chi connectivity index (χ3v) is 5.57. The fraction of sp³-hybridized carbons (Fsp3) is 0.364. The number of fused-ring (bicyclic) bond motifs is 1. The van der Waals surface area contributed by atoms with E-state index in [4.69, 9.17) is 0 Å². The highest BCUT2D eigenvalue weighted by molar-refractivity contribution is 5.95. The van der Waals surface area contributed by atoms with Crippen LogP contribution in [0.5, 0.6) is 0 Å². The SMILES string of the molecule is CN1Cc2ccccc2C[C@H]1C(=O)NCc1ccc(N2CCCC2=O)cc1. The van der Waals surface area contributed by atoms with Crippen LogP contribution >= 0.6 is 0 Å². The van der Waals surface area contributed by atoms with Crippen molar-refractivity contribution >= 4 is 17.5 Å². The third kappa shape index (κ3) is 3.74. The van der Waals surface area contributed by atoms with Crippen molar-refractivity contribution in [2.75, 3.05) is 18.5 Å². The average Bonchev–Trinajstić information content (AvgIpc) is 3.12. The van der Waals surface area contributed by atoms with Crippen molar-refractivity contribution < 1.29 is 9.59 Å². The Bertz CT molecular complexity index is 847. The molecule has 0 radical (unpaired) electrons. The van der Waals surface area contributed by atoms with Gasteiger partial charge in [0.25, 0.3) is 0 Å². The molecule has 5 nitrogen and oxygen atoms in total. The van der Waals surface area contributed by atoms with Gasteiger partial charge in [-0.1, -0.05) is 36.4 Å². The Kier molecular flexibility index (Phi) is 4.94. The van der Waals surface area contributed by atoms with Gasteiger partial charge in [-0.2, -0.15) is 0 Å². The van der Waals surface area contributed by atoms with E-state index in [0.717, 1.165) is 37.2 Å². The minimum Gasteiger partial charge on any atom is -0.351 e. The van der Waals surface area contributed by atoms with E-state index in [9.17, 15) is 9.59 Å². The van der Waals surface area contributed by atoms with Gasteiger partial charge >= 0.3 is 0 Å². The van der Waals surface area contributed by atoms with E-state index in [2.05, 4.69) is 22.3 Å². The molecule has 1 N–H and O–H groups in total. The zero-order chi connectivity index (χ0) is 18.8. The second kappa shape index (κ2) is 7.53. The molecule has 27 heavy (non-hydrogen) atoms. The van der Waals surface area contributed by atoms with Crippen LogP contribution in [-0.2, 0) is 29.1 Å². The molecule has 5 heteroatoms. The van der Waals surface area contributed by atoms with Crippen LogP contribution in [0, 0.1) is 0 Å². The van der Waals surface area contributed by atoms with Crippen molar-refractivity contribution in [2.45, 2.75) is 38.4 Å². The molecule has 2 amide bonds. The molecule has 1 saturated heterocycles. The third-order valence-electron chi connectivity index (χ3n) is 5.57. The molecule has 4 rings (SSSR count). The number of anilines is 1. The first kappa shape index (κ1) is 17.7.